The maximum Gasteiger partial charge on any atom is 0.257 e. The lowest BCUT2D eigenvalue weighted by Crippen LogP contribution is -2.14. The largest absolute Gasteiger partial charge is 0.305 e. The Morgan fingerprint density at radius 2 is 2.16 bits per heavy atom. The highest BCUT2D eigenvalue weighted by Gasteiger charge is 2.11. The Hall–Kier alpha value is -2.10. The maximum absolute atomic E-state index is 12.2. The second-order valence-corrected chi connectivity index (χ2v) is 4.73. The number of aromatic nitrogens is 2. The van der Waals surface area contributed by atoms with Crippen molar-refractivity contribution >= 4 is 11.7 Å². The molecule has 1 amide bonds. The molecule has 1 heterocycles. The van der Waals surface area contributed by atoms with Gasteiger partial charge in [-0.25, -0.2) is 0 Å². The number of H-pyrrole nitrogens is 1. The third-order valence-corrected chi connectivity index (χ3v) is 3.24. The van der Waals surface area contributed by atoms with Crippen LogP contribution >= 0.6 is 0 Å². The van der Waals surface area contributed by atoms with Crippen molar-refractivity contribution in [3.8, 4) is 0 Å². The maximum atomic E-state index is 12.2. The summed E-state index contributed by atoms with van der Waals surface area (Å²) in [6.07, 6.45) is 1.99. The fourth-order valence-corrected chi connectivity index (χ4v) is 2.00. The van der Waals surface area contributed by atoms with E-state index in [1.54, 1.807) is 0 Å². The summed E-state index contributed by atoms with van der Waals surface area (Å²) in [6.45, 7) is 6.06. The van der Waals surface area contributed by atoms with Crippen molar-refractivity contribution in [3.05, 3.63) is 46.6 Å². The zero-order chi connectivity index (χ0) is 13.8. The van der Waals surface area contributed by atoms with Gasteiger partial charge in [0.1, 0.15) is 0 Å². The van der Waals surface area contributed by atoms with Gasteiger partial charge >= 0.3 is 0 Å². The van der Waals surface area contributed by atoms with Crippen molar-refractivity contribution in [3.63, 3.8) is 0 Å². The molecule has 1 aromatic heterocycles. The standard InChI is InChI=1S/C15H19N3O/c1-4-6-12-9-14(18-17-12)16-15(19)13-8-5-7-10(2)11(13)3/h5,7-9H,4,6H2,1-3H3,(H2,16,17,18,19). The van der Waals surface area contributed by atoms with Crippen LogP contribution in [0, 0.1) is 13.8 Å². The molecule has 0 saturated heterocycles. The molecule has 0 unspecified atom stereocenters. The Morgan fingerprint density at radius 1 is 1.37 bits per heavy atom. The first kappa shape index (κ1) is 13.3. The van der Waals surface area contributed by atoms with Crippen LogP contribution in [-0.4, -0.2) is 16.1 Å². The summed E-state index contributed by atoms with van der Waals surface area (Å²) in [7, 11) is 0. The van der Waals surface area contributed by atoms with Crippen molar-refractivity contribution in [1.82, 2.24) is 10.2 Å². The van der Waals surface area contributed by atoms with Crippen LogP contribution in [0.5, 0.6) is 0 Å². The summed E-state index contributed by atoms with van der Waals surface area (Å²) >= 11 is 0. The Bertz CT molecular complexity index is 587. The summed E-state index contributed by atoms with van der Waals surface area (Å²) in [6, 6.07) is 7.61. The Morgan fingerprint density at radius 3 is 2.89 bits per heavy atom. The predicted octanol–water partition coefficient (Wildman–Crippen LogP) is 3.23. The Balaban J connectivity index is 2.14. The smallest absolute Gasteiger partial charge is 0.257 e. The monoisotopic (exact) mass is 257 g/mol. The summed E-state index contributed by atoms with van der Waals surface area (Å²) in [4.78, 5) is 12.2. The Labute approximate surface area is 113 Å². The first-order chi connectivity index (χ1) is 9.11. The van der Waals surface area contributed by atoms with Crippen LogP contribution in [0.2, 0.25) is 0 Å². The molecule has 2 aromatic rings. The van der Waals surface area contributed by atoms with E-state index < -0.39 is 0 Å². The highest BCUT2D eigenvalue weighted by atomic mass is 16.1. The van der Waals surface area contributed by atoms with Gasteiger partial charge in [-0.3, -0.25) is 9.89 Å². The lowest BCUT2D eigenvalue weighted by Gasteiger charge is -2.07. The number of anilines is 1. The molecular formula is C15H19N3O. The first-order valence-corrected chi connectivity index (χ1v) is 6.53. The van der Waals surface area contributed by atoms with Crippen LogP contribution in [0.1, 0.15) is 40.5 Å². The number of carbonyl (C=O) groups is 1. The average Bonchev–Trinajstić information content (AvgIpc) is 2.80. The van der Waals surface area contributed by atoms with Gasteiger partial charge in [0, 0.05) is 17.3 Å². The molecule has 0 aliphatic carbocycles. The van der Waals surface area contributed by atoms with Crippen LogP contribution in [0.3, 0.4) is 0 Å². The number of hydrogen-bond donors (Lipinski definition) is 2. The number of hydrogen-bond acceptors (Lipinski definition) is 2. The van der Waals surface area contributed by atoms with E-state index in [2.05, 4.69) is 22.4 Å². The highest BCUT2D eigenvalue weighted by Crippen LogP contribution is 2.15. The molecule has 19 heavy (non-hydrogen) atoms. The van der Waals surface area contributed by atoms with Crippen LogP contribution in [0.4, 0.5) is 5.82 Å². The van der Waals surface area contributed by atoms with E-state index in [-0.39, 0.29) is 5.91 Å². The van der Waals surface area contributed by atoms with Crippen molar-refractivity contribution in [2.75, 3.05) is 5.32 Å². The molecule has 2 N–H and O–H groups in total. The van der Waals surface area contributed by atoms with Gasteiger partial charge < -0.3 is 5.32 Å². The van der Waals surface area contributed by atoms with E-state index in [4.69, 9.17) is 0 Å². The fraction of sp³-hybridized carbons (Fsp3) is 0.333. The minimum absolute atomic E-state index is 0.115. The minimum atomic E-state index is -0.115. The van der Waals surface area contributed by atoms with Gasteiger partial charge in [0.05, 0.1) is 0 Å². The topological polar surface area (TPSA) is 57.8 Å². The van der Waals surface area contributed by atoms with Gasteiger partial charge in [0.15, 0.2) is 5.82 Å². The number of nitrogens with zero attached hydrogens (tertiary/aromatic N) is 1. The molecule has 0 radical (unpaired) electrons. The van der Waals surface area contributed by atoms with Crippen molar-refractivity contribution in [2.24, 2.45) is 0 Å². The number of rotatable bonds is 4. The van der Waals surface area contributed by atoms with Gasteiger partial charge in [0.25, 0.3) is 5.91 Å². The molecule has 4 heteroatoms. The minimum Gasteiger partial charge on any atom is -0.305 e. The third kappa shape index (κ3) is 3.02. The van der Waals surface area contributed by atoms with Gasteiger partial charge in [-0.2, -0.15) is 5.10 Å². The van der Waals surface area contributed by atoms with E-state index in [1.165, 1.54) is 0 Å². The second kappa shape index (κ2) is 5.69. The molecule has 4 nitrogen and oxygen atoms in total. The lowest BCUT2D eigenvalue weighted by atomic mass is 10.0. The SMILES string of the molecule is CCCc1cc(NC(=O)c2cccc(C)c2C)n[nH]1. The number of amides is 1. The van der Waals surface area contributed by atoms with Gasteiger partial charge in [-0.15, -0.1) is 0 Å². The number of aromatic amines is 1. The molecule has 100 valence electrons. The van der Waals surface area contributed by atoms with Gasteiger partial charge in [-0.1, -0.05) is 25.5 Å². The van der Waals surface area contributed by atoms with E-state index in [1.807, 2.05) is 38.1 Å². The molecule has 1 aromatic carbocycles. The molecule has 0 aliphatic heterocycles. The molecule has 2 rings (SSSR count). The quantitative estimate of drug-likeness (QED) is 0.883. The van der Waals surface area contributed by atoms with E-state index in [9.17, 15) is 4.79 Å². The molecular weight excluding hydrogens is 238 g/mol. The van der Waals surface area contributed by atoms with Crippen molar-refractivity contribution < 1.29 is 4.79 Å². The Kier molecular flexibility index (Phi) is 4.00. The summed E-state index contributed by atoms with van der Waals surface area (Å²) in [5, 5.41) is 9.84. The zero-order valence-electron chi connectivity index (χ0n) is 11.6. The summed E-state index contributed by atoms with van der Waals surface area (Å²) < 4.78 is 0. The lowest BCUT2D eigenvalue weighted by molar-refractivity contribution is 0.102. The van der Waals surface area contributed by atoms with Gasteiger partial charge in [0.2, 0.25) is 0 Å². The zero-order valence-corrected chi connectivity index (χ0v) is 11.6. The van der Waals surface area contributed by atoms with Crippen molar-refractivity contribution in [1.29, 1.82) is 0 Å². The first-order valence-electron chi connectivity index (χ1n) is 6.53. The van der Waals surface area contributed by atoms with Crippen LogP contribution in [0.15, 0.2) is 24.3 Å². The molecule has 0 atom stereocenters. The molecule has 0 fully saturated rings. The van der Waals surface area contributed by atoms with Crippen molar-refractivity contribution in [2.45, 2.75) is 33.6 Å². The van der Waals surface area contributed by atoms with E-state index in [0.717, 1.165) is 29.7 Å². The number of carbonyl (C=O) groups excluding carboxylic acids is 1. The molecule has 0 aliphatic rings. The number of benzene rings is 1. The van der Waals surface area contributed by atoms with Crippen LogP contribution < -0.4 is 5.32 Å². The highest BCUT2D eigenvalue weighted by molar-refractivity contribution is 6.04. The second-order valence-electron chi connectivity index (χ2n) is 4.73. The molecule has 0 bridgehead atoms. The van der Waals surface area contributed by atoms with Crippen LogP contribution in [-0.2, 0) is 6.42 Å². The number of nitrogens with one attached hydrogen (secondary N) is 2. The predicted molar refractivity (Wildman–Crippen MR) is 76.5 cm³/mol. The van der Waals surface area contributed by atoms with Crippen LogP contribution in [0.25, 0.3) is 0 Å². The summed E-state index contributed by atoms with van der Waals surface area (Å²) in [5.74, 6) is 0.463. The van der Waals surface area contributed by atoms with Gasteiger partial charge in [-0.05, 0) is 37.5 Å². The van der Waals surface area contributed by atoms with E-state index in [0.29, 0.717) is 11.4 Å². The summed E-state index contributed by atoms with van der Waals surface area (Å²) in [5.41, 5.74) is 3.85. The molecule has 0 spiro atoms. The fourth-order valence-electron chi connectivity index (χ4n) is 2.00. The normalized spacial score (nSPS) is 10.5. The third-order valence-electron chi connectivity index (χ3n) is 3.24. The molecule has 0 saturated carbocycles. The van der Waals surface area contributed by atoms with E-state index >= 15 is 0 Å². The number of aryl methyl sites for hydroxylation is 2. The average molecular weight is 257 g/mol.